The molecule has 0 saturated heterocycles. The molecule has 3 rings (SSSR count). The van der Waals surface area contributed by atoms with Crippen molar-refractivity contribution >= 4 is 18.7 Å². The van der Waals surface area contributed by atoms with Crippen molar-refractivity contribution in [3.05, 3.63) is 69.7 Å². The average molecular weight is 319 g/mol. The summed E-state index contributed by atoms with van der Waals surface area (Å²) >= 11 is 0. The Kier molecular flexibility index (Phi) is 4.56. The molecule has 0 bridgehead atoms. The molecule has 0 spiro atoms. The van der Waals surface area contributed by atoms with Crippen LogP contribution in [0.3, 0.4) is 0 Å². The van der Waals surface area contributed by atoms with E-state index in [0.717, 1.165) is 28.8 Å². The normalized spacial score (nSPS) is 13.7. The van der Waals surface area contributed by atoms with Gasteiger partial charge >= 0.3 is 0 Å². The van der Waals surface area contributed by atoms with Gasteiger partial charge in [0, 0.05) is 30.9 Å². The number of hydrogen-bond acceptors (Lipinski definition) is 3. The van der Waals surface area contributed by atoms with Crippen molar-refractivity contribution in [2.75, 3.05) is 0 Å². The van der Waals surface area contributed by atoms with E-state index in [0.29, 0.717) is 13.0 Å². The third kappa shape index (κ3) is 3.27. The highest BCUT2D eigenvalue weighted by atomic mass is 16.1. The Morgan fingerprint density at radius 1 is 1.38 bits per heavy atom. The molecule has 1 aliphatic rings. The minimum Gasteiger partial charge on any atom is -0.352 e. The van der Waals surface area contributed by atoms with E-state index in [9.17, 15) is 4.79 Å². The number of pyridine rings is 1. The first kappa shape index (κ1) is 16.1. The van der Waals surface area contributed by atoms with E-state index in [2.05, 4.69) is 48.0 Å². The van der Waals surface area contributed by atoms with Crippen LogP contribution in [0, 0.1) is 13.8 Å². The number of aliphatic imine (C=N–C) groups is 1. The molecule has 2 aromatic rings. The van der Waals surface area contributed by atoms with Gasteiger partial charge in [0.25, 0.3) is 0 Å². The fourth-order valence-corrected chi connectivity index (χ4v) is 3.24. The highest BCUT2D eigenvalue weighted by Crippen LogP contribution is 2.25. The molecule has 1 amide bonds. The standard InChI is InChI=1S/C20H21N3O/c1-13-8-15(18-12-23-20(24)11-16(18)9-13)10-19-17(5-6-21-3)14(2)4-7-22-19/h4-9H,3,10-12H2,1-2H3,(H,23,24)/b6-5-. The molecule has 4 heteroatoms. The number of aromatic nitrogens is 1. The van der Waals surface area contributed by atoms with E-state index in [1.807, 2.05) is 18.3 Å². The first-order valence-electron chi connectivity index (χ1n) is 8.03. The Bertz CT molecular complexity index is 837. The minimum atomic E-state index is 0.0911. The number of fused-ring (bicyclic) bond motifs is 1. The molecular weight excluding hydrogens is 298 g/mol. The molecule has 0 saturated carbocycles. The summed E-state index contributed by atoms with van der Waals surface area (Å²) in [5.41, 5.74) is 8.01. The predicted octanol–water partition coefficient (Wildman–Crippen LogP) is 3.13. The lowest BCUT2D eigenvalue weighted by atomic mass is 9.90. The van der Waals surface area contributed by atoms with Crippen molar-refractivity contribution in [3.63, 3.8) is 0 Å². The number of aryl methyl sites for hydroxylation is 2. The van der Waals surface area contributed by atoms with Crippen molar-refractivity contribution in [2.24, 2.45) is 4.99 Å². The van der Waals surface area contributed by atoms with Gasteiger partial charge in [-0.3, -0.25) is 14.8 Å². The molecule has 24 heavy (non-hydrogen) atoms. The first-order chi connectivity index (χ1) is 11.6. The van der Waals surface area contributed by atoms with Crippen LogP contribution in [0.25, 0.3) is 6.08 Å². The lowest BCUT2D eigenvalue weighted by molar-refractivity contribution is -0.121. The zero-order valence-electron chi connectivity index (χ0n) is 14.1. The van der Waals surface area contributed by atoms with E-state index < -0.39 is 0 Å². The van der Waals surface area contributed by atoms with Crippen molar-refractivity contribution < 1.29 is 4.79 Å². The zero-order chi connectivity index (χ0) is 17.1. The topological polar surface area (TPSA) is 54.4 Å². The second-order valence-electron chi connectivity index (χ2n) is 6.18. The van der Waals surface area contributed by atoms with E-state index in [4.69, 9.17) is 0 Å². The lowest BCUT2D eigenvalue weighted by Crippen LogP contribution is -2.31. The Morgan fingerprint density at radius 2 is 2.21 bits per heavy atom. The number of hydrogen-bond donors (Lipinski definition) is 1. The monoisotopic (exact) mass is 319 g/mol. The molecule has 0 radical (unpaired) electrons. The van der Waals surface area contributed by atoms with Crippen molar-refractivity contribution in [2.45, 2.75) is 33.2 Å². The Balaban J connectivity index is 2.04. The minimum absolute atomic E-state index is 0.0911. The van der Waals surface area contributed by atoms with E-state index in [-0.39, 0.29) is 5.91 Å². The molecule has 1 aromatic heterocycles. The number of nitrogens with one attached hydrogen (secondary N) is 1. The van der Waals surface area contributed by atoms with Crippen molar-refractivity contribution in [3.8, 4) is 0 Å². The van der Waals surface area contributed by atoms with Crippen LogP contribution in [0.1, 0.15) is 39.1 Å². The summed E-state index contributed by atoms with van der Waals surface area (Å²) in [7, 11) is 0. The van der Waals surface area contributed by atoms with Gasteiger partial charge in [0.2, 0.25) is 5.91 Å². The zero-order valence-corrected chi connectivity index (χ0v) is 14.1. The van der Waals surface area contributed by atoms with Crippen LogP contribution in [0.2, 0.25) is 0 Å². The summed E-state index contributed by atoms with van der Waals surface area (Å²) < 4.78 is 0. The van der Waals surface area contributed by atoms with Crippen molar-refractivity contribution in [1.29, 1.82) is 0 Å². The third-order valence-electron chi connectivity index (χ3n) is 4.39. The number of carbonyl (C=O) groups excluding carboxylic acids is 1. The highest BCUT2D eigenvalue weighted by molar-refractivity contribution is 5.81. The van der Waals surface area contributed by atoms with Gasteiger partial charge in [-0.1, -0.05) is 17.7 Å². The van der Waals surface area contributed by atoms with Gasteiger partial charge < -0.3 is 5.32 Å². The van der Waals surface area contributed by atoms with E-state index >= 15 is 0 Å². The second-order valence-corrected chi connectivity index (χ2v) is 6.18. The summed E-state index contributed by atoms with van der Waals surface area (Å²) in [6.07, 6.45) is 6.68. The number of amides is 1. The molecular formula is C20H21N3O. The predicted molar refractivity (Wildman–Crippen MR) is 97.1 cm³/mol. The summed E-state index contributed by atoms with van der Waals surface area (Å²) in [5.74, 6) is 0.0911. The van der Waals surface area contributed by atoms with Crippen LogP contribution in [0.15, 0.2) is 35.6 Å². The van der Waals surface area contributed by atoms with Crippen LogP contribution in [0.5, 0.6) is 0 Å². The largest absolute Gasteiger partial charge is 0.352 e. The summed E-state index contributed by atoms with van der Waals surface area (Å²) in [4.78, 5) is 20.1. The molecule has 0 atom stereocenters. The van der Waals surface area contributed by atoms with E-state index in [1.54, 1.807) is 6.20 Å². The fourth-order valence-electron chi connectivity index (χ4n) is 3.24. The second kappa shape index (κ2) is 6.79. The summed E-state index contributed by atoms with van der Waals surface area (Å²) in [6.45, 7) is 8.23. The summed E-state index contributed by atoms with van der Waals surface area (Å²) in [6, 6.07) is 6.31. The Labute approximate surface area is 142 Å². The maximum atomic E-state index is 11.7. The molecule has 122 valence electrons. The number of benzene rings is 1. The molecule has 4 nitrogen and oxygen atoms in total. The van der Waals surface area contributed by atoms with Gasteiger partial charge in [-0.2, -0.15) is 0 Å². The Hall–Kier alpha value is -2.75. The van der Waals surface area contributed by atoms with Gasteiger partial charge in [-0.15, -0.1) is 0 Å². The fraction of sp³-hybridized carbons (Fsp3) is 0.250. The molecule has 1 aliphatic heterocycles. The molecule has 0 unspecified atom stereocenters. The number of rotatable bonds is 4. The molecule has 0 fully saturated rings. The van der Waals surface area contributed by atoms with Crippen LogP contribution in [0.4, 0.5) is 0 Å². The molecule has 1 N–H and O–H groups in total. The van der Waals surface area contributed by atoms with Crippen LogP contribution in [-0.2, 0) is 24.2 Å². The SMILES string of the molecule is C=N/C=C\c1c(C)ccnc1Cc1cc(C)cc2c1CNC(=O)C2. The van der Waals surface area contributed by atoms with Gasteiger partial charge in [0.15, 0.2) is 0 Å². The van der Waals surface area contributed by atoms with Gasteiger partial charge in [-0.05, 0) is 55.0 Å². The van der Waals surface area contributed by atoms with Crippen LogP contribution >= 0.6 is 0 Å². The van der Waals surface area contributed by atoms with E-state index in [1.165, 1.54) is 16.7 Å². The maximum absolute atomic E-state index is 11.7. The third-order valence-corrected chi connectivity index (χ3v) is 4.39. The van der Waals surface area contributed by atoms with Gasteiger partial charge in [0.05, 0.1) is 12.1 Å². The van der Waals surface area contributed by atoms with Crippen LogP contribution in [-0.4, -0.2) is 17.6 Å². The Morgan fingerprint density at radius 3 is 3.00 bits per heavy atom. The number of nitrogens with zero attached hydrogens (tertiary/aromatic N) is 2. The van der Waals surface area contributed by atoms with Crippen molar-refractivity contribution in [1.82, 2.24) is 10.3 Å². The lowest BCUT2D eigenvalue weighted by Gasteiger charge is -2.21. The quantitative estimate of drug-likeness (QED) is 0.880. The highest BCUT2D eigenvalue weighted by Gasteiger charge is 2.19. The smallest absolute Gasteiger partial charge is 0.224 e. The average Bonchev–Trinajstić information content (AvgIpc) is 2.53. The molecule has 1 aromatic carbocycles. The summed E-state index contributed by atoms with van der Waals surface area (Å²) in [5, 5.41) is 2.95. The van der Waals surface area contributed by atoms with Gasteiger partial charge in [0.1, 0.15) is 0 Å². The van der Waals surface area contributed by atoms with Crippen LogP contribution < -0.4 is 5.32 Å². The van der Waals surface area contributed by atoms with Gasteiger partial charge in [-0.25, -0.2) is 0 Å². The maximum Gasteiger partial charge on any atom is 0.224 e. The molecule has 0 aliphatic carbocycles. The first-order valence-corrected chi connectivity index (χ1v) is 8.03. The number of carbonyl (C=O) groups is 1. The molecule has 2 heterocycles.